The van der Waals surface area contributed by atoms with Crippen LogP contribution in [0.1, 0.15) is 24.9 Å². The van der Waals surface area contributed by atoms with E-state index in [1.165, 1.54) is 6.07 Å². The first-order chi connectivity index (χ1) is 9.31. The van der Waals surface area contributed by atoms with Crippen molar-refractivity contribution in [3.63, 3.8) is 0 Å². The van der Waals surface area contributed by atoms with E-state index in [9.17, 15) is 12.8 Å². The van der Waals surface area contributed by atoms with Gasteiger partial charge >= 0.3 is 0 Å². The van der Waals surface area contributed by atoms with Crippen molar-refractivity contribution >= 4 is 33.2 Å². The maximum absolute atomic E-state index is 13.5. The number of hydrogen-bond donors (Lipinski definition) is 1. The highest BCUT2D eigenvalue weighted by Crippen LogP contribution is 2.29. The second-order valence-electron chi connectivity index (χ2n) is 4.66. The molecule has 1 heterocycles. The number of nitrogens with one attached hydrogen (secondary N) is 1. The van der Waals surface area contributed by atoms with Crippen LogP contribution in [0.5, 0.6) is 0 Å². The summed E-state index contributed by atoms with van der Waals surface area (Å²) < 4.78 is 45.3. The van der Waals surface area contributed by atoms with E-state index in [0.717, 1.165) is 6.07 Å². The average molecular weight is 342 g/mol. The molecular formula is C12H14Cl2FNO3S. The number of hydrogen-bond acceptors (Lipinski definition) is 3. The molecule has 20 heavy (non-hydrogen) atoms. The molecule has 2 rings (SSSR count). The highest BCUT2D eigenvalue weighted by atomic mass is 35.5. The lowest BCUT2D eigenvalue weighted by atomic mass is 10.1. The lowest BCUT2D eigenvalue weighted by Crippen LogP contribution is -2.36. The lowest BCUT2D eigenvalue weighted by molar-refractivity contribution is 0.198. The summed E-state index contributed by atoms with van der Waals surface area (Å²) in [5, 5.41) is -0.465. The summed E-state index contributed by atoms with van der Waals surface area (Å²) in [6, 6.07) is 1.75. The second-order valence-corrected chi connectivity index (χ2v) is 7.46. The van der Waals surface area contributed by atoms with E-state index in [4.69, 9.17) is 27.9 Å². The van der Waals surface area contributed by atoms with E-state index in [1.807, 2.05) is 0 Å². The Balaban J connectivity index is 2.19. The zero-order valence-corrected chi connectivity index (χ0v) is 13.0. The first-order valence-electron chi connectivity index (χ1n) is 6.04. The predicted octanol–water partition coefficient (Wildman–Crippen LogP) is 2.90. The van der Waals surface area contributed by atoms with Crippen LogP contribution in [0.15, 0.2) is 12.1 Å². The Morgan fingerprint density at radius 2 is 2.10 bits per heavy atom. The molecule has 4 nitrogen and oxygen atoms in total. The minimum absolute atomic E-state index is 0.0991. The van der Waals surface area contributed by atoms with Gasteiger partial charge in [0.25, 0.3) is 0 Å². The fraction of sp³-hybridized carbons (Fsp3) is 0.500. The molecule has 1 aromatic rings. The van der Waals surface area contributed by atoms with E-state index in [2.05, 4.69) is 4.72 Å². The van der Waals surface area contributed by atoms with Crippen molar-refractivity contribution in [1.82, 2.24) is 4.72 Å². The second kappa shape index (κ2) is 6.15. The molecule has 0 saturated carbocycles. The number of rotatable bonds is 4. The summed E-state index contributed by atoms with van der Waals surface area (Å²) in [5.41, 5.74) is 0.344. The van der Waals surface area contributed by atoms with E-state index in [0.29, 0.717) is 18.6 Å². The van der Waals surface area contributed by atoms with Gasteiger partial charge in [0.05, 0.1) is 11.6 Å². The zero-order valence-electron chi connectivity index (χ0n) is 10.7. The predicted molar refractivity (Wildman–Crippen MR) is 76.1 cm³/mol. The van der Waals surface area contributed by atoms with Gasteiger partial charge in [0, 0.05) is 17.7 Å². The van der Waals surface area contributed by atoms with Crippen molar-refractivity contribution in [2.45, 2.75) is 24.6 Å². The largest absolute Gasteiger partial charge is 0.380 e. The molecular weight excluding hydrogens is 328 g/mol. The Bertz CT molecular complexity index is 603. The van der Waals surface area contributed by atoms with Gasteiger partial charge in [-0.2, -0.15) is 0 Å². The van der Waals surface area contributed by atoms with Gasteiger partial charge in [-0.15, -0.1) is 0 Å². The summed E-state index contributed by atoms with van der Waals surface area (Å²) in [7, 11) is -3.54. The van der Waals surface area contributed by atoms with Crippen LogP contribution in [0.4, 0.5) is 4.39 Å². The summed E-state index contributed by atoms with van der Waals surface area (Å²) in [6.07, 6.45) is 0.449. The van der Waals surface area contributed by atoms with Crippen LogP contribution in [0.2, 0.25) is 10.0 Å². The van der Waals surface area contributed by atoms with E-state index in [1.54, 1.807) is 6.92 Å². The molecule has 0 unspecified atom stereocenters. The van der Waals surface area contributed by atoms with Gasteiger partial charge in [-0.1, -0.05) is 23.2 Å². The Morgan fingerprint density at radius 1 is 1.40 bits per heavy atom. The zero-order chi connectivity index (χ0) is 14.9. The molecule has 1 saturated heterocycles. The summed E-state index contributed by atoms with van der Waals surface area (Å²) >= 11 is 11.6. The van der Waals surface area contributed by atoms with Gasteiger partial charge < -0.3 is 4.74 Å². The third kappa shape index (κ3) is 3.43. The summed E-state index contributed by atoms with van der Waals surface area (Å²) in [4.78, 5) is 0. The molecule has 0 aromatic heterocycles. The molecule has 0 aliphatic carbocycles. The van der Waals surface area contributed by atoms with E-state index in [-0.39, 0.29) is 16.7 Å². The maximum Gasteiger partial charge on any atom is 0.217 e. The van der Waals surface area contributed by atoms with Crippen LogP contribution in [0.3, 0.4) is 0 Å². The number of benzene rings is 1. The van der Waals surface area contributed by atoms with Crippen LogP contribution < -0.4 is 4.72 Å². The van der Waals surface area contributed by atoms with Gasteiger partial charge in [0.2, 0.25) is 10.0 Å². The molecule has 1 aromatic carbocycles. The highest BCUT2D eigenvalue weighted by molar-refractivity contribution is 7.90. The van der Waals surface area contributed by atoms with E-state index < -0.39 is 27.1 Å². The maximum atomic E-state index is 13.5. The van der Waals surface area contributed by atoms with Gasteiger partial charge in [0.1, 0.15) is 11.1 Å². The van der Waals surface area contributed by atoms with Gasteiger partial charge in [-0.25, -0.2) is 17.5 Å². The van der Waals surface area contributed by atoms with Crippen LogP contribution in [0.25, 0.3) is 0 Å². The van der Waals surface area contributed by atoms with Crippen molar-refractivity contribution < 1.29 is 17.5 Å². The van der Waals surface area contributed by atoms with Gasteiger partial charge in [-0.3, -0.25) is 0 Å². The summed E-state index contributed by atoms with van der Waals surface area (Å²) in [5.74, 6) is -0.638. The molecule has 1 aliphatic heterocycles. The molecule has 0 spiro atoms. The Hall–Kier alpha value is -0.400. The van der Waals surface area contributed by atoms with Crippen LogP contribution >= 0.6 is 23.2 Å². The molecule has 0 radical (unpaired) electrons. The van der Waals surface area contributed by atoms with Crippen molar-refractivity contribution in [2.24, 2.45) is 0 Å². The Morgan fingerprint density at radius 3 is 2.70 bits per heavy atom. The Labute approximate surface area is 127 Å². The minimum atomic E-state index is -3.54. The normalized spacial score (nSPS) is 21.1. The SMILES string of the molecule is C[C@@H](NS(=O)(=O)[C@H]1CCOC1)c1cc(F)c(Cl)cc1Cl. The van der Waals surface area contributed by atoms with Crippen molar-refractivity contribution in [2.75, 3.05) is 13.2 Å². The van der Waals surface area contributed by atoms with E-state index >= 15 is 0 Å². The van der Waals surface area contributed by atoms with Crippen molar-refractivity contribution in [1.29, 1.82) is 0 Å². The first kappa shape index (κ1) is 16.0. The smallest absolute Gasteiger partial charge is 0.217 e. The van der Waals surface area contributed by atoms with Gasteiger partial charge in [0.15, 0.2) is 0 Å². The molecule has 112 valence electrons. The standard InChI is InChI=1S/C12H14Cl2FNO3S/c1-7(9-4-12(15)11(14)5-10(9)13)16-20(17,18)8-2-3-19-6-8/h4-5,7-8,16H,2-3,6H2,1H3/t7-,8+/m1/s1. The first-order valence-corrected chi connectivity index (χ1v) is 8.35. The third-order valence-corrected chi connectivity index (χ3v) is 5.72. The van der Waals surface area contributed by atoms with Crippen LogP contribution in [-0.4, -0.2) is 26.9 Å². The number of ether oxygens (including phenoxy) is 1. The number of sulfonamides is 1. The Kier molecular flexibility index (Phi) is 4.92. The van der Waals surface area contributed by atoms with Gasteiger partial charge in [-0.05, 0) is 31.0 Å². The van der Waals surface area contributed by atoms with Crippen molar-refractivity contribution in [3.8, 4) is 0 Å². The monoisotopic (exact) mass is 341 g/mol. The fourth-order valence-corrected chi connectivity index (χ4v) is 4.07. The molecule has 0 bridgehead atoms. The van der Waals surface area contributed by atoms with Crippen LogP contribution in [0, 0.1) is 5.82 Å². The average Bonchev–Trinajstić information content (AvgIpc) is 2.87. The topological polar surface area (TPSA) is 55.4 Å². The lowest BCUT2D eigenvalue weighted by Gasteiger charge is -2.18. The van der Waals surface area contributed by atoms with Crippen LogP contribution in [-0.2, 0) is 14.8 Å². The number of halogens is 3. The molecule has 0 amide bonds. The molecule has 2 atom stereocenters. The molecule has 1 aliphatic rings. The quantitative estimate of drug-likeness (QED) is 0.856. The fourth-order valence-electron chi connectivity index (χ4n) is 2.03. The minimum Gasteiger partial charge on any atom is -0.380 e. The van der Waals surface area contributed by atoms with Crippen molar-refractivity contribution in [3.05, 3.63) is 33.6 Å². The molecule has 1 fully saturated rings. The third-order valence-electron chi connectivity index (χ3n) is 3.17. The molecule has 8 heteroatoms. The highest BCUT2D eigenvalue weighted by Gasteiger charge is 2.31. The molecule has 1 N–H and O–H groups in total. The summed E-state index contributed by atoms with van der Waals surface area (Å²) in [6.45, 7) is 2.20.